The van der Waals surface area contributed by atoms with Gasteiger partial charge in [0.15, 0.2) is 0 Å². The van der Waals surface area contributed by atoms with Crippen LogP contribution in [0.15, 0.2) is 40.2 Å². The third-order valence-corrected chi connectivity index (χ3v) is 4.22. The first-order chi connectivity index (χ1) is 8.13. The summed E-state index contributed by atoms with van der Waals surface area (Å²) in [5, 5.41) is 2.06. The zero-order valence-electron chi connectivity index (χ0n) is 9.20. The van der Waals surface area contributed by atoms with Crippen molar-refractivity contribution in [2.24, 2.45) is 5.73 Å². The first-order valence-corrected chi connectivity index (χ1v) is 7.03. The van der Waals surface area contributed by atoms with Gasteiger partial charge in [0.25, 0.3) is 0 Å². The van der Waals surface area contributed by atoms with Crippen LogP contribution in [0.2, 0.25) is 0 Å². The van der Waals surface area contributed by atoms with Crippen LogP contribution in [0.3, 0.4) is 0 Å². The zero-order valence-corrected chi connectivity index (χ0v) is 11.6. The van der Waals surface area contributed by atoms with Crippen LogP contribution >= 0.6 is 27.3 Å². The third-order valence-electron chi connectivity index (χ3n) is 2.50. The molecular weight excluding hydrogens is 301 g/mol. The molecule has 0 fully saturated rings. The van der Waals surface area contributed by atoms with Gasteiger partial charge in [-0.15, -0.1) is 11.3 Å². The highest BCUT2D eigenvalue weighted by atomic mass is 79.9. The molecule has 0 aliphatic carbocycles. The summed E-state index contributed by atoms with van der Waals surface area (Å²) in [5.41, 5.74) is 7.16. The van der Waals surface area contributed by atoms with E-state index in [4.69, 9.17) is 5.73 Å². The molecule has 1 aromatic carbocycles. The summed E-state index contributed by atoms with van der Waals surface area (Å²) in [6, 6.07) is 8.70. The molecule has 0 aliphatic heterocycles. The van der Waals surface area contributed by atoms with Crippen LogP contribution in [0.25, 0.3) is 0 Å². The smallest absolute Gasteiger partial charge is 0.123 e. The van der Waals surface area contributed by atoms with Crippen LogP contribution in [-0.2, 0) is 12.8 Å². The molecule has 17 heavy (non-hydrogen) atoms. The highest BCUT2D eigenvalue weighted by molar-refractivity contribution is 9.10. The Kier molecular flexibility index (Phi) is 4.31. The maximum absolute atomic E-state index is 12.7. The van der Waals surface area contributed by atoms with Crippen LogP contribution in [0.4, 0.5) is 4.39 Å². The number of halogens is 2. The first kappa shape index (κ1) is 12.7. The summed E-state index contributed by atoms with van der Waals surface area (Å²) in [6.07, 6.45) is 1.63. The van der Waals surface area contributed by atoms with Crippen LogP contribution < -0.4 is 5.73 Å². The van der Waals surface area contributed by atoms with E-state index < -0.39 is 0 Å². The number of rotatable bonds is 4. The number of hydrogen-bond donors (Lipinski definition) is 1. The molecule has 1 nitrogen and oxygen atoms in total. The van der Waals surface area contributed by atoms with Crippen molar-refractivity contribution in [1.29, 1.82) is 0 Å². The van der Waals surface area contributed by atoms with E-state index in [1.807, 2.05) is 0 Å². The molecule has 0 bridgehead atoms. The molecule has 0 spiro atoms. The Morgan fingerprint density at radius 1 is 1.24 bits per heavy atom. The van der Waals surface area contributed by atoms with Gasteiger partial charge in [0, 0.05) is 20.8 Å². The fourth-order valence-corrected chi connectivity index (χ4v) is 3.26. The minimum Gasteiger partial charge on any atom is -0.327 e. The molecule has 0 saturated heterocycles. The summed E-state index contributed by atoms with van der Waals surface area (Å²) in [6.45, 7) is 0. The molecule has 1 heterocycles. The van der Waals surface area contributed by atoms with E-state index in [2.05, 4.69) is 27.4 Å². The molecule has 2 aromatic rings. The van der Waals surface area contributed by atoms with Gasteiger partial charge in [-0.3, -0.25) is 0 Å². The summed E-state index contributed by atoms with van der Waals surface area (Å²) < 4.78 is 13.8. The van der Waals surface area contributed by atoms with Crippen molar-refractivity contribution < 1.29 is 4.39 Å². The summed E-state index contributed by atoms with van der Waals surface area (Å²) in [7, 11) is 0. The fraction of sp³-hybridized carbons (Fsp3) is 0.231. The Bertz CT molecular complexity index is 480. The highest BCUT2D eigenvalue weighted by Gasteiger charge is 2.07. The maximum atomic E-state index is 12.7. The molecule has 1 unspecified atom stereocenters. The monoisotopic (exact) mass is 313 g/mol. The van der Waals surface area contributed by atoms with Crippen LogP contribution in [0.5, 0.6) is 0 Å². The lowest BCUT2D eigenvalue weighted by molar-refractivity contribution is 0.624. The second-order valence-electron chi connectivity index (χ2n) is 4.03. The van der Waals surface area contributed by atoms with Gasteiger partial charge < -0.3 is 5.73 Å². The van der Waals surface area contributed by atoms with E-state index in [0.717, 1.165) is 22.9 Å². The largest absolute Gasteiger partial charge is 0.327 e. The fourth-order valence-electron chi connectivity index (χ4n) is 1.71. The maximum Gasteiger partial charge on any atom is 0.123 e. The Morgan fingerprint density at radius 2 is 1.94 bits per heavy atom. The second-order valence-corrected chi connectivity index (χ2v) is 5.94. The lowest BCUT2D eigenvalue weighted by atomic mass is 10.0. The van der Waals surface area contributed by atoms with Crippen molar-refractivity contribution in [3.63, 3.8) is 0 Å². The molecule has 4 heteroatoms. The number of hydrogen-bond acceptors (Lipinski definition) is 2. The van der Waals surface area contributed by atoms with Gasteiger partial charge in [-0.05, 0) is 52.5 Å². The molecule has 2 rings (SSSR count). The van der Waals surface area contributed by atoms with Gasteiger partial charge in [-0.1, -0.05) is 12.1 Å². The van der Waals surface area contributed by atoms with Gasteiger partial charge in [0.2, 0.25) is 0 Å². The SMILES string of the molecule is NC(Cc1ccc(F)cc1)Cc1cc(Br)cs1. The standard InChI is InChI=1S/C13H13BrFNS/c14-10-6-13(17-8-10)7-12(16)5-9-1-3-11(15)4-2-9/h1-4,6,8,12H,5,7,16H2. The van der Waals surface area contributed by atoms with E-state index in [9.17, 15) is 4.39 Å². The summed E-state index contributed by atoms with van der Waals surface area (Å²) >= 11 is 5.13. The van der Waals surface area contributed by atoms with Gasteiger partial charge in [0.05, 0.1) is 0 Å². The van der Waals surface area contributed by atoms with Crippen molar-refractivity contribution in [3.8, 4) is 0 Å². The Balaban J connectivity index is 1.93. The Labute approximate surface area is 113 Å². The summed E-state index contributed by atoms with van der Waals surface area (Å²) in [4.78, 5) is 1.27. The van der Waals surface area contributed by atoms with Crippen molar-refractivity contribution in [1.82, 2.24) is 0 Å². The summed E-state index contributed by atoms with van der Waals surface area (Å²) in [5.74, 6) is -0.204. The normalized spacial score (nSPS) is 12.6. The number of benzene rings is 1. The van der Waals surface area contributed by atoms with Gasteiger partial charge in [-0.2, -0.15) is 0 Å². The van der Waals surface area contributed by atoms with Crippen molar-refractivity contribution in [2.45, 2.75) is 18.9 Å². The molecular formula is C13H13BrFNS. The minimum atomic E-state index is -0.204. The number of nitrogens with two attached hydrogens (primary N) is 1. The molecule has 90 valence electrons. The second kappa shape index (κ2) is 5.76. The van der Waals surface area contributed by atoms with E-state index in [0.29, 0.717) is 0 Å². The van der Waals surface area contributed by atoms with Gasteiger partial charge in [-0.25, -0.2) is 4.39 Å². The molecule has 1 atom stereocenters. The van der Waals surface area contributed by atoms with Gasteiger partial charge in [0.1, 0.15) is 5.82 Å². The van der Waals surface area contributed by atoms with E-state index in [-0.39, 0.29) is 11.9 Å². The zero-order chi connectivity index (χ0) is 12.3. The minimum absolute atomic E-state index is 0.0750. The van der Waals surface area contributed by atoms with E-state index >= 15 is 0 Å². The molecule has 2 N–H and O–H groups in total. The predicted octanol–water partition coefficient (Wildman–Crippen LogP) is 3.76. The average Bonchev–Trinajstić information content (AvgIpc) is 2.67. The van der Waals surface area contributed by atoms with E-state index in [1.54, 1.807) is 23.5 Å². The van der Waals surface area contributed by atoms with Crippen molar-refractivity contribution in [3.05, 3.63) is 56.4 Å². The lowest BCUT2D eigenvalue weighted by Crippen LogP contribution is -2.25. The Hall–Kier alpha value is -0.710. The van der Waals surface area contributed by atoms with Crippen molar-refractivity contribution in [2.75, 3.05) is 0 Å². The molecule has 0 radical (unpaired) electrons. The predicted molar refractivity (Wildman–Crippen MR) is 73.8 cm³/mol. The highest BCUT2D eigenvalue weighted by Crippen LogP contribution is 2.21. The molecule has 0 amide bonds. The number of thiophene rings is 1. The van der Waals surface area contributed by atoms with Crippen LogP contribution in [0.1, 0.15) is 10.4 Å². The lowest BCUT2D eigenvalue weighted by Gasteiger charge is -2.10. The molecule has 1 aromatic heterocycles. The van der Waals surface area contributed by atoms with Gasteiger partial charge >= 0.3 is 0 Å². The third kappa shape index (κ3) is 3.91. The molecule has 0 saturated carbocycles. The average molecular weight is 314 g/mol. The quantitative estimate of drug-likeness (QED) is 0.913. The van der Waals surface area contributed by atoms with Crippen LogP contribution in [0, 0.1) is 5.82 Å². The van der Waals surface area contributed by atoms with Crippen LogP contribution in [-0.4, -0.2) is 6.04 Å². The van der Waals surface area contributed by atoms with Crippen molar-refractivity contribution >= 4 is 27.3 Å². The Morgan fingerprint density at radius 3 is 2.53 bits per heavy atom. The first-order valence-electron chi connectivity index (χ1n) is 5.36. The topological polar surface area (TPSA) is 26.0 Å². The van der Waals surface area contributed by atoms with E-state index in [1.165, 1.54) is 17.0 Å². The molecule has 0 aliphatic rings.